The number of rotatable bonds is 2. The predicted octanol–water partition coefficient (Wildman–Crippen LogP) is 4.14. The van der Waals surface area contributed by atoms with Crippen molar-refractivity contribution >= 4 is 11.7 Å². The van der Waals surface area contributed by atoms with E-state index in [1.807, 2.05) is 12.1 Å². The molecule has 28 heavy (non-hydrogen) atoms. The lowest BCUT2D eigenvalue weighted by atomic mass is 9.77. The van der Waals surface area contributed by atoms with Crippen LogP contribution in [0.1, 0.15) is 41.5 Å². The minimum Gasteiger partial charge on any atom is -0.328 e. The monoisotopic (exact) mass is 374 g/mol. The highest BCUT2D eigenvalue weighted by Crippen LogP contribution is 2.44. The second-order valence-corrected chi connectivity index (χ2v) is 7.35. The van der Waals surface area contributed by atoms with Crippen LogP contribution in [0, 0.1) is 12.7 Å². The van der Waals surface area contributed by atoms with Gasteiger partial charge in [0.05, 0.1) is 0 Å². The first kappa shape index (κ1) is 16.9. The SMILES string of the molecule is Cc1ccccc1[C@@H]1CC(=O)C2=C(C1)Nc1ncnn1[C@@H]2c1ccccc1F. The first-order valence-electron chi connectivity index (χ1n) is 9.36. The van der Waals surface area contributed by atoms with E-state index in [-0.39, 0.29) is 17.5 Å². The number of allylic oxidation sites excluding steroid dienone is 2. The maximum absolute atomic E-state index is 14.6. The van der Waals surface area contributed by atoms with Crippen LogP contribution in [0.3, 0.4) is 0 Å². The Labute approximate surface area is 161 Å². The van der Waals surface area contributed by atoms with Crippen molar-refractivity contribution in [2.24, 2.45) is 0 Å². The third kappa shape index (κ3) is 2.56. The number of carbonyl (C=O) groups is 1. The van der Waals surface area contributed by atoms with Crippen molar-refractivity contribution in [1.29, 1.82) is 0 Å². The number of nitrogens with one attached hydrogen (secondary N) is 1. The minimum absolute atomic E-state index is 0.0245. The largest absolute Gasteiger partial charge is 0.328 e. The summed E-state index contributed by atoms with van der Waals surface area (Å²) in [7, 11) is 0. The molecule has 5 rings (SSSR count). The topological polar surface area (TPSA) is 59.8 Å². The van der Waals surface area contributed by atoms with Gasteiger partial charge < -0.3 is 5.32 Å². The summed E-state index contributed by atoms with van der Waals surface area (Å²) in [6.45, 7) is 2.07. The van der Waals surface area contributed by atoms with E-state index in [4.69, 9.17) is 0 Å². The summed E-state index contributed by atoms with van der Waals surface area (Å²) < 4.78 is 16.2. The van der Waals surface area contributed by atoms with Crippen LogP contribution in [-0.4, -0.2) is 20.5 Å². The van der Waals surface area contributed by atoms with Crippen molar-refractivity contribution in [2.75, 3.05) is 5.32 Å². The Bertz CT molecular complexity index is 1120. The van der Waals surface area contributed by atoms with Gasteiger partial charge in [-0.1, -0.05) is 42.5 Å². The number of aromatic nitrogens is 3. The van der Waals surface area contributed by atoms with Crippen LogP contribution in [-0.2, 0) is 4.79 Å². The van der Waals surface area contributed by atoms with Gasteiger partial charge in [0.2, 0.25) is 5.95 Å². The molecular formula is C22H19FN4O. The van der Waals surface area contributed by atoms with Gasteiger partial charge in [0.25, 0.3) is 0 Å². The fourth-order valence-corrected chi connectivity index (χ4v) is 4.40. The van der Waals surface area contributed by atoms with Crippen LogP contribution in [0.5, 0.6) is 0 Å². The third-order valence-electron chi connectivity index (χ3n) is 5.69. The third-order valence-corrected chi connectivity index (χ3v) is 5.69. The Morgan fingerprint density at radius 1 is 1.07 bits per heavy atom. The van der Waals surface area contributed by atoms with Crippen LogP contribution in [0.4, 0.5) is 10.3 Å². The molecule has 0 radical (unpaired) electrons. The highest BCUT2D eigenvalue weighted by Gasteiger charge is 2.40. The number of nitrogens with zero attached hydrogens (tertiary/aromatic N) is 3. The highest BCUT2D eigenvalue weighted by molar-refractivity contribution is 6.00. The van der Waals surface area contributed by atoms with Gasteiger partial charge in [-0.25, -0.2) is 9.07 Å². The number of Topliss-reactive ketones (excluding diaryl/α,β-unsaturated/α-hetero) is 1. The molecule has 0 spiro atoms. The number of benzene rings is 2. The lowest BCUT2D eigenvalue weighted by Gasteiger charge is -2.35. The average molecular weight is 374 g/mol. The number of anilines is 1. The average Bonchev–Trinajstić information content (AvgIpc) is 3.15. The quantitative estimate of drug-likeness (QED) is 0.732. The number of hydrogen-bond donors (Lipinski definition) is 1. The number of aryl methyl sites for hydroxylation is 1. The summed E-state index contributed by atoms with van der Waals surface area (Å²) in [6.07, 6.45) is 2.52. The predicted molar refractivity (Wildman–Crippen MR) is 103 cm³/mol. The van der Waals surface area contributed by atoms with Gasteiger partial charge in [-0.15, -0.1) is 0 Å². The van der Waals surface area contributed by atoms with Crippen molar-refractivity contribution in [1.82, 2.24) is 14.8 Å². The molecule has 6 heteroatoms. The molecule has 0 saturated carbocycles. The zero-order valence-electron chi connectivity index (χ0n) is 15.4. The second-order valence-electron chi connectivity index (χ2n) is 7.35. The number of carbonyl (C=O) groups excluding carboxylic acids is 1. The Morgan fingerprint density at radius 3 is 2.61 bits per heavy atom. The Morgan fingerprint density at radius 2 is 1.82 bits per heavy atom. The van der Waals surface area contributed by atoms with Crippen LogP contribution < -0.4 is 5.32 Å². The van der Waals surface area contributed by atoms with E-state index >= 15 is 0 Å². The number of halogens is 1. The Kier molecular flexibility index (Phi) is 3.86. The molecule has 0 unspecified atom stereocenters. The zero-order chi connectivity index (χ0) is 19.3. The van der Waals surface area contributed by atoms with Crippen molar-refractivity contribution in [3.8, 4) is 0 Å². The van der Waals surface area contributed by atoms with Gasteiger partial charge in [-0.2, -0.15) is 10.1 Å². The molecule has 3 aromatic rings. The van der Waals surface area contributed by atoms with E-state index in [2.05, 4.69) is 34.5 Å². The van der Waals surface area contributed by atoms with Crippen molar-refractivity contribution in [2.45, 2.75) is 31.7 Å². The van der Waals surface area contributed by atoms with E-state index in [9.17, 15) is 9.18 Å². The Hall–Kier alpha value is -3.28. The van der Waals surface area contributed by atoms with Gasteiger partial charge in [0, 0.05) is 23.3 Å². The molecule has 1 N–H and O–H groups in total. The number of ketones is 1. The summed E-state index contributed by atoms with van der Waals surface area (Å²) >= 11 is 0. The molecule has 2 atom stereocenters. The van der Waals surface area contributed by atoms with E-state index in [0.29, 0.717) is 29.9 Å². The van der Waals surface area contributed by atoms with E-state index in [1.165, 1.54) is 23.5 Å². The normalized spacial score (nSPS) is 21.1. The van der Waals surface area contributed by atoms with Crippen LogP contribution >= 0.6 is 0 Å². The molecule has 2 aromatic carbocycles. The van der Waals surface area contributed by atoms with Gasteiger partial charge in [0.1, 0.15) is 18.2 Å². The molecule has 5 nitrogen and oxygen atoms in total. The fourth-order valence-electron chi connectivity index (χ4n) is 4.40. The van der Waals surface area contributed by atoms with Crippen LogP contribution in [0.25, 0.3) is 0 Å². The molecule has 0 fully saturated rings. The number of fused-ring (bicyclic) bond motifs is 1. The lowest BCUT2D eigenvalue weighted by molar-refractivity contribution is -0.116. The van der Waals surface area contributed by atoms with Crippen molar-refractivity contribution < 1.29 is 9.18 Å². The molecule has 2 aliphatic rings. The molecule has 2 heterocycles. The summed E-state index contributed by atoms with van der Waals surface area (Å²) in [6, 6.07) is 14.1. The van der Waals surface area contributed by atoms with Crippen molar-refractivity contribution in [3.63, 3.8) is 0 Å². The zero-order valence-corrected chi connectivity index (χ0v) is 15.4. The second kappa shape index (κ2) is 6.41. The molecule has 1 aromatic heterocycles. The standard InChI is InChI=1S/C22H19FN4O/c1-13-6-2-3-7-15(13)14-10-18-20(19(28)11-14)21(16-8-4-5-9-17(16)23)27-22(26-18)24-12-25-27/h2-9,12,14,21H,10-11H2,1H3,(H,24,25,26)/t14-,21+/m0/s1. The van der Waals surface area contributed by atoms with Gasteiger partial charge in [-0.05, 0) is 36.5 Å². The molecule has 1 aliphatic heterocycles. The van der Waals surface area contributed by atoms with Gasteiger partial charge in [0.15, 0.2) is 5.78 Å². The maximum atomic E-state index is 14.6. The van der Waals surface area contributed by atoms with E-state index in [0.717, 1.165) is 5.70 Å². The molecule has 1 aliphatic carbocycles. The minimum atomic E-state index is -0.597. The smallest absolute Gasteiger partial charge is 0.226 e. The van der Waals surface area contributed by atoms with Gasteiger partial charge in [-0.3, -0.25) is 4.79 Å². The lowest BCUT2D eigenvalue weighted by Crippen LogP contribution is -2.34. The highest BCUT2D eigenvalue weighted by atomic mass is 19.1. The van der Waals surface area contributed by atoms with Crippen molar-refractivity contribution in [3.05, 3.63) is 88.6 Å². The maximum Gasteiger partial charge on any atom is 0.226 e. The van der Waals surface area contributed by atoms with Crippen LogP contribution in [0.2, 0.25) is 0 Å². The molecular weight excluding hydrogens is 355 g/mol. The summed E-state index contributed by atoms with van der Waals surface area (Å²) in [5.41, 5.74) is 4.20. The summed E-state index contributed by atoms with van der Waals surface area (Å²) in [5, 5.41) is 7.54. The summed E-state index contributed by atoms with van der Waals surface area (Å²) in [5.74, 6) is 0.300. The van der Waals surface area contributed by atoms with Crippen LogP contribution in [0.15, 0.2) is 66.1 Å². The van der Waals surface area contributed by atoms with E-state index < -0.39 is 6.04 Å². The molecule has 0 amide bonds. The molecule has 0 bridgehead atoms. The summed E-state index contributed by atoms with van der Waals surface area (Å²) in [4.78, 5) is 17.5. The molecule has 0 saturated heterocycles. The number of hydrogen-bond acceptors (Lipinski definition) is 4. The Balaban J connectivity index is 1.63. The fraction of sp³-hybridized carbons (Fsp3) is 0.227. The molecule has 140 valence electrons. The van der Waals surface area contributed by atoms with Gasteiger partial charge >= 0.3 is 0 Å². The first-order chi connectivity index (χ1) is 13.6. The first-order valence-corrected chi connectivity index (χ1v) is 9.36. The van der Waals surface area contributed by atoms with E-state index in [1.54, 1.807) is 22.9 Å².